The Morgan fingerprint density at radius 3 is 2.73 bits per heavy atom. The molecule has 1 radical (unpaired) electrons. The summed E-state index contributed by atoms with van der Waals surface area (Å²) in [5.41, 5.74) is 3.03. The number of hydrogen-bond acceptors (Lipinski definition) is 1. The lowest BCUT2D eigenvalue weighted by Crippen LogP contribution is -1.98. The van der Waals surface area contributed by atoms with Crippen molar-refractivity contribution in [1.29, 1.82) is 5.26 Å². The van der Waals surface area contributed by atoms with E-state index in [0.29, 0.717) is 5.92 Å². The third-order valence-corrected chi connectivity index (χ3v) is 2.94. The van der Waals surface area contributed by atoms with Crippen LogP contribution in [-0.2, 0) is 0 Å². The molecule has 2 rings (SSSR count). The van der Waals surface area contributed by atoms with Gasteiger partial charge in [-0.05, 0) is 36.8 Å². The number of benzene rings is 1. The molecule has 0 spiro atoms. The highest BCUT2D eigenvalue weighted by Gasteiger charge is 2.27. The van der Waals surface area contributed by atoms with E-state index in [1.807, 2.05) is 12.1 Å². The van der Waals surface area contributed by atoms with Crippen LogP contribution in [0, 0.1) is 18.3 Å². The number of rotatable bonds is 3. The molecule has 0 heterocycles. The van der Waals surface area contributed by atoms with Crippen LogP contribution in [0.4, 0.5) is 0 Å². The van der Waals surface area contributed by atoms with E-state index in [-0.39, 0.29) is 5.92 Å². The lowest BCUT2D eigenvalue weighted by Gasteiger charge is -2.11. The molecule has 0 saturated heterocycles. The van der Waals surface area contributed by atoms with Gasteiger partial charge in [-0.15, -0.1) is 6.58 Å². The fourth-order valence-electron chi connectivity index (χ4n) is 1.89. The van der Waals surface area contributed by atoms with Crippen LogP contribution in [0.25, 0.3) is 0 Å². The minimum atomic E-state index is 0.0124. The van der Waals surface area contributed by atoms with E-state index in [0.717, 1.165) is 11.1 Å². The van der Waals surface area contributed by atoms with Crippen LogP contribution in [0.3, 0.4) is 0 Å². The van der Waals surface area contributed by atoms with Gasteiger partial charge in [-0.25, -0.2) is 0 Å². The number of nitrogens with zero attached hydrogens (tertiary/aromatic N) is 1. The van der Waals surface area contributed by atoms with Crippen LogP contribution < -0.4 is 0 Å². The topological polar surface area (TPSA) is 23.8 Å². The molecule has 75 valence electrons. The molecule has 1 atom stereocenters. The summed E-state index contributed by atoms with van der Waals surface area (Å²) < 4.78 is 0. The van der Waals surface area contributed by atoms with Crippen molar-refractivity contribution >= 4 is 0 Å². The second-order valence-electron chi connectivity index (χ2n) is 4.04. The molecule has 1 unspecified atom stereocenters. The average molecular weight is 196 g/mol. The van der Waals surface area contributed by atoms with Gasteiger partial charge in [0.25, 0.3) is 0 Å². The second-order valence-corrected chi connectivity index (χ2v) is 4.04. The van der Waals surface area contributed by atoms with Crippen molar-refractivity contribution in [1.82, 2.24) is 0 Å². The second kappa shape index (κ2) is 3.90. The maximum atomic E-state index is 9.21. The van der Waals surface area contributed by atoms with Gasteiger partial charge >= 0.3 is 0 Å². The zero-order valence-corrected chi connectivity index (χ0v) is 8.74. The van der Waals surface area contributed by atoms with Gasteiger partial charge in [-0.2, -0.15) is 5.26 Å². The average Bonchev–Trinajstić information content (AvgIpc) is 3.10. The molecule has 1 nitrogen and oxygen atoms in total. The van der Waals surface area contributed by atoms with Crippen molar-refractivity contribution in [3.05, 3.63) is 54.5 Å². The Hall–Kier alpha value is -1.55. The van der Waals surface area contributed by atoms with Crippen molar-refractivity contribution in [2.75, 3.05) is 0 Å². The van der Waals surface area contributed by atoms with Gasteiger partial charge in [0.1, 0.15) is 0 Å². The van der Waals surface area contributed by atoms with Crippen molar-refractivity contribution in [3.63, 3.8) is 0 Å². The lowest BCUT2D eigenvalue weighted by atomic mass is 9.91. The molecule has 1 aliphatic carbocycles. The minimum absolute atomic E-state index is 0.0124. The van der Waals surface area contributed by atoms with Gasteiger partial charge in [-0.1, -0.05) is 24.3 Å². The van der Waals surface area contributed by atoms with Crippen LogP contribution in [0.5, 0.6) is 0 Å². The van der Waals surface area contributed by atoms with Crippen LogP contribution in [-0.4, -0.2) is 0 Å². The first-order valence-corrected chi connectivity index (χ1v) is 5.26. The zero-order valence-electron chi connectivity index (χ0n) is 8.74. The van der Waals surface area contributed by atoms with Crippen LogP contribution in [0.15, 0.2) is 30.9 Å². The molecule has 0 bridgehead atoms. The normalized spacial score (nSPS) is 16.8. The Bertz CT molecular complexity index is 421. The fourth-order valence-corrected chi connectivity index (χ4v) is 1.89. The van der Waals surface area contributed by atoms with Gasteiger partial charge in [0, 0.05) is 5.92 Å². The van der Waals surface area contributed by atoms with Crippen LogP contribution in [0.1, 0.15) is 41.4 Å². The van der Waals surface area contributed by atoms with E-state index in [9.17, 15) is 5.26 Å². The van der Waals surface area contributed by atoms with Crippen LogP contribution >= 0.6 is 0 Å². The maximum absolute atomic E-state index is 9.21. The highest BCUT2D eigenvalue weighted by atomic mass is 14.3. The monoisotopic (exact) mass is 196 g/mol. The molecule has 0 N–H and O–H groups in total. The Kier molecular flexibility index (Phi) is 2.60. The Morgan fingerprint density at radius 2 is 2.20 bits per heavy atom. The molecular formula is C14H14N. The lowest BCUT2D eigenvalue weighted by molar-refractivity contribution is 1.03. The predicted molar refractivity (Wildman–Crippen MR) is 61.4 cm³/mol. The molecule has 0 aromatic heterocycles. The van der Waals surface area contributed by atoms with E-state index in [4.69, 9.17) is 0 Å². The van der Waals surface area contributed by atoms with Gasteiger partial charge in [0.15, 0.2) is 0 Å². The number of hydrogen-bond donors (Lipinski definition) is 0. The summed E-state index contributed by atoms with van der Waals surface area (Å²) in [5.74, 6) is 0.620. The first-order valence-electron chi connectivity index (χ1n) is 5.26. The van der Waals surface area contributed by atoms with Gasteiger partial charge in [0.05, 0.1) is 11.6 Å². The van der Waals surface area contributed by atoms with E-state index < -0.39 is 0 Å². The highest BCUT2D eigenvalue weighted by molar-refractivity contribution is 5.50. The maximum Gasteiger partial charge on any atom is 0.0997 e. The molecule has 1 aromatic carbocycles. The fraction of sp³-hybridized carbons (Fsp3) is 0.286. The standard InChI is InChI=1S/C14H14N/c1-3-10(2)12-5-4-6-13(11-7-8-11)14(12)9-15/h3-6,10-11H,1-2,7-8H2. The van der Waals surface area contributed by atoms with Crippen molar-refractivity contribution in [2.24, 2.45) is 0 Å². The van der Waals surface area contributed by atoms with Crippen molar-refractivity contribution < 1.29 is 0 Å². The predicted octanol–water partition coefficient (Wildman–Crippen LogP) is 3.54. The van der Waals surface area contributed by atoms with E-state index in [1.54, 1.807) is 6.08 Å². The molecule has 15 heavy (non-hydrogen) atoms. The Labute approximate surface area is 91.0 Å². The Morgan fingerprint density at radius 1 is 1.47 bits per heavy atom. The number of allylic oxidation sites excluding steroid dienone is 1. The first-order chi connectivity index (χ1) is 7.27. The molecule has 1 saturated carbocycles. The third kappa shape index (κ3) is 1.80. The summed E-state index contributed by atoms with van der Waals surface area (Å²) in [6.45, 7) is 7.72. The SMILES string of the molecule is [CH2]C(C=C)c1cccc(C2CC2)c1C#N. The number of nitriles is 1. The first kappa shape index (κ1) is 9.98. The summed E-state index contributed by atoms with van der Waals surface area (Å²) in [6, 6.07) is 8.37. The smallest absolute Gasteiger partial charge is 0.0997 e. The quantitative estimate of drug-likeness (QED) is 0.678. The van der Waals surface area contributed by atoms with E-state index >= 15 is 0 Å². The van der Waals surface area contributed by atoms with E-state index in [2.05, 4.69) is 25.6 Å². The van der Waals surface area contributed by atoms with Crippen molar-refractivity contribution in [2.45, 2.75) is 24.7 Å². The molecular weight excluding hydrogens is 182 g/mol. The molecule has 0 aliphatic heterocycles. The third-order valence-electron chi connectivity index (χ3n) is 2.94. The molecule has 1 aromatic rings. The summed E-state index contributed by atoms with van der Waals surface area (Å²) in [7, 11) is 0. The molecule has 0 amide bonds. The minimum Gasteiger partial charge on any atom is -0.192 e. The zero-order chi connectivity index (χ0) is 10.8. The van der Waals surface area contributed by atoms with Crippen molar-refractivity contribution in [3.8, 4) is 6.07 Å². The van der Waals surface area contributed by atoms with Gasteiger partial charge in [-0.3, -0.25) is 0 Å². The summed E-state index contributed by atoms with van der Waals surface area (Å²) in [6.07, 6.45) is 4.22. The highest BCUT2D eigenvalue weighted by Crippen LogP contribution is 2.42. The summed E-state index contributed by atoms with van der Waals surface area (Å²) >= 11 is 0. The summed E-state index contributed by atoms with van der Waals surface area (Å²) in [4.78, 5) is 0. The largest absolute Gasteiger partial charge is 0.192 e. The molecule has 1 fully saturated rings. The Balaban J connectivity index is 2.50. The van der Waals surface area contributed by atoms with Gasteiger partial charge < -0.3 is 0 Å². The van der Waals surface area contributed by atoms with Gasteiger partial charge in [0.2, 0.25) is 0 Å². The van der Waals surface area contributed by atoms with Crippen LogP contribution in [0.2, 0.25) is 0 Å². The molecule has 1 heteroatoms. The molecule has 1 aliphatic rings. The summed E-state index contributed by atoms with van der Waals surface area (Å²) in [5, 5.41) is 9.21. The van der Waals surface area contributed by atoms with E-state index in [1.165, 1.54) is 18.4 Å².